The largest absolute Gasteiger partial charge is 0.484 e. The lowest BCUT2D eigenvalue weighted by Crippen LogP contribution is -2.27. The number of benzene rings is 2. The number of carbonyl (C=O) groups is 3. The highest BCUT2D eigenvalue weighted by Crippen LogP contribution is 2.33. The Hall–Kier alpha value is -2.58. The Kier molecular flexibility index (Phi) is 5.98. The fourth-order valence-corrected chi connectivity index (χ4v) is 3.48. The van der Waals surface area contributed by atoms with Crippen LogP contribution in [0.3, 0.4) is 0 Å². The molecule has 1 fully saturated rings. The van der Waals surface area contributed by atoms with E-state index in [0.717, 1.165) is 27.4 Å². The van der Waals surface area contributed by atoms with Gasteiger partial charge in [-0.15, -0.1) is 0 Å². The van der Waals surface area contributed by atoms with Crippen molar-refractivity contribution in [2.45, 2.75) is 6.54 Å². The summed E-state index contributed by atoms with van der Waals surface area (Å²) in [6, 6.07) is 14.3. The molecule has 2 aromatic rings. The van der Waals surface area contributed by atoms with Gasteiger partial charge in [0, 0.05) is 4.47 Å². The van der Waals surface area contributed by atoms with Crippen molar-refractivity contribution in [2.24, 2.45) is 5.73 Å². The lowest BCUT2D eigenvalue weighted by atomic mass is 10.2. The topological polar surface area (TPSA) is 89.7 Å². The van der Waals surface area contributed by atoms with Gasteiger partial charge in [-0.2, -0.15) is 0 Å². The molecule has 0 saturated carbocycles. The summed E-state index contributed by atoms with van der Waals surface area (Å²) in [5.74, 6) is -0.380. The molecule has 138 valence electrons. The molecular formula is C19H15BrN2O4S. The highest BCUT2D eigenvalue weighted by molar-refractivity contribution is 9.10. The zero-order valence-electron chi connectivity index (χ0n) is 14.1. The summed E-state index contributed by atoms with van der Waals surface area (Å²) in [7, 11) is 0. The summed E-state index contributed by atoms with van der Waals surface area (Å²) >= 11 is 4.27. The average Bonchev–Trinajstić information content (AvgIpc) is 2.90. The minimum Gasteiger partial charge on any atom is -0.484 e. The van der Waals surface area contributed by atoms with Crippen molar-refractivity contribution >= 4 is 50.8 Å². The van der Waals surface area contributed by atoms with E-state index in [0.29, 0.717) is 10.7 Å². The normalized spacial score (nSPS) is 15.4. The van der Waals surface area contributed by atoms with Crippen LogP contribution in [0.1, 0.15) is 11.1 Å². The molecule has 2 N–H and O–H groups in total. The van der Waals surface area contributed by atoms with Gasteiger partial charge in [-0.3, -0.25) is 19.3 Å². The number of primary amides is 1. The number of hydrogen-bond donors (Lipinski definition) is 1. The maximum absolute atomic E-state index is 12.6. The number of nitrogens with zero attached hydrogens (tertiary/aromatic N) is 1. The molecule has 3 amide bonds. The molecule has 2 aromatic carbocycles. The molecule has 6 nitrogen and oxygen atoms in total. The first-order chi connectivity index (χ1) is 12.9. The van der Waals surface area contributed by atoms with E-state index < -0.39 is 5.91 Å². The van der Waals surface area contributed by atoms with Gasteiger partial charge in [-0.05, 0) is 53.2 Å². The van der Waals surface area contributed by atoms with Gasteiger partial charge in [-0.25, -0.2) is 0 Å². The third-order valence-electron chi connectivity index (χ3n) is 3.69. The first kappa shape index (κ1) is 19.2. The van der Waals surface area contributed by atoms with Crippen LogP contribution in [0.5, 0.6) is 5.75 Å². The number of rotatable bonds is 6. The number of nitrogens with two attached hydrogens (primary N) is 1. The van der Waals surface area contributed by atoms with E-state index >= 15 is 0 Å². The number of amides is 3. The molecule has 27 heavy (non-hydrogen) atoms. The minimum atomic E-state index is -0.557. The van der Waals surface area contributed by atoms with E-state index in [1.165, 1.54) is 4.90 Å². The molecule has 0 aliphatic carbocycles. The van der Waals surface area contributed by atoms with Crippen LogP contribution >= 0.6 is 27.7 Å². The number of thioether (sulfide) groups is 1. The molecule has 3 rings (SSSR count). The molecule has 0 bridgehead atoms. The summed E-state index contributed by atoms with van der Waals surface area (Å²) in [6.45, 7) is 0.0312. The molecular weight excluding hydrogens is 432 g/mol. The Morgan fingerprint density at radius 1 is 1.11 bits per heavy atom. The van der Waals surface area contributed by atoms with Crippen molar-refractivity contribution in [1.82, 2.24) is 4.90 Å². The molecule has 1 saturated heterocycles. The van der Waals surface area contributed by atoms with Gasteiger partial charge < -0.3 is 10.5 Å². The third kappa shape index (κ3) is 4.99. The van der Waals surface area contributed by atoms with Crippen molar-refractivity contribution in [2.75, 3.05) is 6.61 Å². The summed E-state index contributed by atoms with van der Waals surface area (Å²) in [5, 5.41) is -0.296. The summed E-state index contributed by atoms with van der Waals surface area (Å²) in [5.41, 5.74) is 6.65. The summed E-state index contributed by atoms with van der Waals surface area (Å²) in [6.07, 6.45) is 1.66. The fraction of sp³-hybridized carbons (Fsp3) is 0.105. The van der Waals surface area contributed by atoms with Crippen molar-refractivity contribution in [3.8, 4) is 5.75 Å². The molecule has 1 heterocycles. The van der Waals surface area contributed by atoms with Crippen LogP contribution in [0.2, 0.25) is 0 Å². The molecule has 0 spiro atoms. The lowest BCUT2D eigenvalue weighted by molar-refractivity contribution is -0.123. The van der Waals surface area contributed by atoms with Crippen molar-refractivity contribution in [3.63, 3.8) is 0 Å². The highest BCUT2D eigenvalue weighted by Gasteiger charge is 2.34. The van der Waals surface area contributed by atoms with E-state index in [-0.39, 0.29) is 24.3 Å². The van der Waals surface area contributed by atoms with E-state index in [1.807, 2.05) is 24.3 Å². The highest BCUT2D eigenvalue weighted by atomic mass is 79.9. The van der Waals surface area contributed by atoms with Crippen LogP contribution in [-0.2, 0) is 16.1 Å². The second-order valence-corrected chi connectivity index (χ2v) is 7.63. The van der Waals surface area contributed by atoms with Gasteiger partial charge in [-0.1, -0.05) is 40.2 Å². The average molecular weight is 447 g/mol. The predicted molar refractivity (Wildman–Crippen MR) is 107 cm³/mol. The standard InChI is InChI=1S/C19H15BrN2O4S/c20-14-5-1-13(2-6-14)10-22-18(24)16(27-19(22)25)9-12-3-7-15(8-4-12)26-11-17(21)23/h1-9H,10-11H2,(H2,21,23)/b16-9-. The molecule has 8 heteroatoms. The third-order valence-corrected chi connectivity index (χ3v) is 5.12. The Labute approximate surface area is 168 Å². The van der Waals surface area contributed by atoms with Crippen LogP contribution in [0.25, 0.3) is 6.08 Å². The van der Waals surface area contributed by atoms with Crippen LogP contribution in [0.15, 0.2) is 57.9 Å². The van der Waals surface area contributed by atoms with Gasteiger partial charge >= 0.3 is 0 Å². The van der Waals surface area contributed by atoms with Crippen LogP contribution in [0.4, 0.5) is 4.79 Å². The van der Waals surface area contributed by atoms with E-state index in [1.54, 1.807) is 30.3 Å². The predicted octanol–water partition coefficient (Wildman–Crippen LogP) is 3.55. The zero-order chi connectivity index (χ0) is 19.4. The van der Waals surface area contributed by atoms with E-state index in [9.17, 15) is 14.4 Å². The summed E-state index contributed by atoms with van der Waals surface area (Å²) < 4.78 is 6.12. The molecule has 0 atom stereocenters. The fourth-order valence-electron chi connectivity index (χ4n) is 2.37. The van der Waals surface area contributed by atoms with Crippen molar-refractivity contribution in [1.29, 1.82) is 0 Å². The first-order valence-electron chi connectivity index (χ1n) is 7.93. The smallest absolute Gasteiger partial charge is 0.293 e. The molecule has 1 aliphatic heterocycles. The minimum absolute atomic E-state index is 0.200. The Balaban J connectivity index is 1.70. The SMILES string of the molecule is NC(=O)COc1ccc(/C=C2\SC(=O)N(Cc3ccc(Br)cc3)C2=O)cc1. The maximum Gasteiger partial charge on any atom is 0.293 e. The zero-order valence-corrected chi connectivity index (χ0v) is 16.5. The Morgan fingerprint density at radius 3 is 2.41 bits per heavy atom. The van der Waals surface area contributed by atoms with Gasteiger partial charge in [0.2, 0.25) is 0 Å². The Bertz CT molecular complexity index is 910. The number of carbonyl (C=O) groups excluding carboxylic acids is 3. The number of halogens is 1. The van der Waals surface area contributed by atoms with Crippen molar-refractivity contribution in [3.05, 3.63) is 69.0 Å². The quantitative estimate of drug-likeness (QED) is 0.685. The monoisotopic (exact) mass is 446 g/mol. The maximum atomic E-state index is 12.6. The van der Waals surface area contributed by atoms with Crippen molar-refractivity contribution < 1.29 is 19.1 Å². The molecule has 0 aromatic heterocycles. The van der Waals surface area contributed by atoms with Gasteiger partial charge in [0.05, 0.1) is 11.4 Å². The van der Waals surface area contributed by atoms with Crippen LogP contribution < -0.4 is 10.5 Å². The first-order valence-corrected chi connectivity index (χ1v) is 9.54. The number of imide groups is 1. The second-order valence-electron chi connectivity index (χ2n) is 5.72. The second kappa shape index (κ2) is 8.41. The molecule has 1 aliphatic rings. The van der Waals surface area contributed by atoms with Gasteiger partial charge in [0.25, 0.3) is 17.1 Å². The Morgan fingerprint density at radius 2 is 1.78 bits per heavy atom. The van der Waals surface area contributed by atoms with Crippen LogP contribution in [-0.4, -0.2) is 28.6 Å². The molecule has 0 unspecified atom stereocenters. The van der Waals surface area contributed by atoms with E-state index in [2.05, 4.69) is 15.9 Å². The van der Waals surface area contributed by atoms with Gasteiger partial charge in [0.1, 0.15) is 5.75 Å². The van der Waals surface area contributed by atoms with Crippen LogP contribution in [0, 0.1) is 0 Å². The van der Waals surface area contributed by atoms with E-state index in [4.69, 9.17) is 10.5 Å². The molecule has 0 radical (unpaired) electrons. The summed E-state index contributed by atoms with van der Waals surface area (Å²) in [4.78, 5) is 37.1. The van der Waals surface area contributed by atoms with Gasteiger partial charge in [0.15, 0.2) is 6.61 Å². The number of hydrogen-bond acceptors (Lipinski definition) is 5. The lowest BCUT2D eigenvalue weighted by Gasteiger charge is -2.12. The number of ether oxygens (including phenoxy) is 1.